The third-order valence-electron chi connectivity index (χ3n) is 3.78. The van der Waals surface area contributed by atoms with Gasteiger partial charge in [0.15, 0.2) is 0 Å². The second kappa shape index (κ2) is 5.65. The van der Waals surface area contributed by atoms with Gasteiger partial charge in [-0.3, -0.25) is 9.69 Å². The van der Waals surface area contributed by atoms with E-state index in [2.05, 4.69) is 23.2 Å². The maximum atomic E-state index is 11.9. The zero-order valence-electron chi connectivity index (χ0n) is 10.9. The Morgan fingerprint density at radius 1 is 1.47 bits per heavy atom. The lowest BCUT2D eigenvalue weighted by Gasteiger charge is -2.34. The lowest BCUT2D eigenvalue weighted by Crippen LogP contribution is -2.50. The first-order valence-corrected chi connectivity index (χ1v) is 6.61. The molecule has 0 bridgehead atoms. The van der Waals surface area contributed by atoms with Crippen molar-refractivity contribution in [2.75, 3.05) is 39.3 Å². The predicted molar refractivity (Wildman–Crippen MR) is 68.9 cm³/mol. The molecule has 0 aliphatic carbocycles. The highest BCUT2D eigenvalue weighted by Crippen LogP contribution is 2.20. The van der Waals surface area contributed by atoms with Crippen molar-refractivity contribution in [1.82, 2.24) is 15.1 Å². The first-order chi connectivity index (χ1) is 8.22. The molecule has 0 aromatic heterocycles. The minimum atomic E-state index is 0.276. The van der Waals surface area contributed by atoms with Crippen LogP contribution in [0, 0.1) is 0 Å². The molecule has 96 valence electrons. The molecule has 4 nitrogen and oxygen atoms in total. The van der Waals surface area contributed by atoms with Gasteiger partial charge in [0.2, 0.25) is 5.91 Å². The summed E-state index contributed by atoms with van der Waals surface area (Å²) in [5.41, 5.74) is 1.35. The van der Waals surface area contributed by atoms with Gasteiger partial charge in [-0.1, -0.05) is 18.6 Å². The van der Waals surface area contributed by atoms with Crippen LogP contribution in [-0.2, 0) is 4.79 Å². The van der Waals surface area contributed by atoms with Gasteiger partial charge in [-0.2, -0.15) is 0 Å². The Kier molecular flexibility index (Phi) is 4.18. The normalized spacial score (nSPS) is 26.1. The molecule has 0 aromatic carbocycles. The highest BCUT2D eigenvalue weighted by Gasteiger charge is 2.29. The molecule has 1 amide bonds. The van der Waals surface area contributed by atoms with Crippen molar-refractivity contribution < 1.29 is 4.79 Å². The van der Waals surface area contributed by atoms with Gasteiger partial charge in [0.1, 0.15) is 0 Å². The number of carbonyl (C=O) groups is 1. The molecule has 0 radical (unpaired) electrons. The average Bonchev–Trinajstić information content (AvgIpc) is 2.72. The monoisotopic (exact) mass is 237 g/mol. The fourth-order valence-electron chi connectivity index (χ4n) is 2.61. The maximum Gasteiger partial charge on any atom is 0.223 e. The Morgan fingerprint density at radius 3 is 2.82 bits per heavy atom. The third-order valence-corrected chi connectivity index (χ3v) is 3.78. The zero-order chi connectivity index (χ0) is 12.3. The van der Waals surface area contributed by atoms with Crippen LogP contribution in [0.25, 0.3) is 0 Å². The number of hydrogen-bond donors (Lipinski definition) is 1. The topological polar surface area (TPSA) is 35.6 Å². The van der Waals surface area contributed by atoms with Crippen molar-refractivity contribution in [3.8, 4) is 0 Å². The first-order valence-electron chi connectivity index (χ1n) is 6.61. The summed E-state index contributed by atoms with van der Waals surface area (Å²) in [5, 5.41) is 3.36. The standard InChI is InChI=1S/C13H23N3O/c1-3-13(17)16-7-4-11(2)12(16)10-15-8-5-14-6-9-15/h4,12,14H,3,5-10H2,1-2H3. The van der Waals surface area contributed by atoms with E-state index in [9.17, 15) is 4.79 Å². The van der Waals surface area contributed by atoms with Gasteiger partial charge in [-0.15, -0.1) is 0 Å². The summed E-state index contributed by atoms with van der Waals surface area (Å²) in [5.74, 6) is 0.276. The molecule has 1 unspecified atom stereocenters. The molecule has 2 heterocycles. The maximum absolute atomic E-state index is 11.9. The van der Waals surface area contributed by atoms with E-state index >= 15 is 0 Å². The second-order valence-corrected chi connectivity index (χ2v) is 4.91. The molecule has 1 N–H and O–H groups in total. The predicted octanol–water partition coefficient (Wildman–Crippen LogP) is 0.459. The number of piperazine rings is 1. The van der Waals surface area contributed by atoms with Crippen LogP contribution in [-0.4, -0.2) is 61.0 Å². The highest BCUT2D eigenvalue weighted by atomic mass is 16.2. The van der Waals surface area contributed by atoms with Crippen molar-refractivity contribution >= 4 is 5.91 Å². The van der Waals surface area contributed by atoms with E-state index in [0.29, 0.717) is 12.5 Å². The van der Waals surface area contributed by atoms with Gasteiger partial charge < -0.3 is 10.2 Å². The fraction of sp³-hybridized carbons (Fsp3) is 0.769. The minimum absolute atomic E-state index is 0.276. The average molecular weight is 237 g/mol. The first kappa shape index (κ1) is 12.6. The lowest BCUT2D eigenvalue weighted by atomic mass is 10.1. The number of hydrogen-bond acceptors (Lipinski definition) is 3. The molecule has 0 aromatic rings. The number of nitrogens with zero attached hydrogens (tertiary/aromatic N) is 2. The molecule has 0 saturated carbocycles. The lowest BCUT2D eigenvalue weighted by molar-refractivity contribution is -0.131. The number of carbonyl (C=O) groups excluding carboxylic acids is 1. The van der Waals surface area contributed by atoms with Crippen molar-refractivity contribution in [3.63, 3.8) is 0 Å². The van der Waals surface area contributed by atoms with Crippen molar-refractivity contribution in [2.45, 2.75) is 26.3 Å². The third kappa shape index (κ3) is 2.87. The quantitative estimate of drug-likeness (QED) is 0.724. The van der Waals surface area contributed by atoms with Gasteiger partial charge >= 0.3 is 0 Å². The Hall–Kier alpha value is -0.870. The van der Waals surface area contributed by atoms with E-state index in [4.69, 9.17) is 0 Å². The Labute approximate surface area is 104 Å². The Balaban J connectivity index is 1.95. The van der Waals surface area contributed by atoms with E-state index < -0.39 is 0 Å². The van der Waals surface area contributed by atoms with Crippen LogP contribution >= 0.6 is 0 Å². The van der Waals surface area contributed by atoms with Crippen LogP contribution in [0.4, 0.5) is 0 Å². The van der Waals surface area contributed by atoms with Crippen molar-refractivity contribution in [1.29, 1.82) is 0 Å². The molecule has 2 aliphatic heterocycles. The molecule has 17 heavy (non-hydrogen) atoms. The van der Waals surface area contributed by atoms with Crippen LogP contribution < -0.4 is 5.32 Å². The molecule has 1 fully saturated rings. The van der Waals surface area contributed by atoms with E-state index in [1.165, 1.54) is 5.57 Å². The molecule has 1 atom stereocenters. The van der Waals surface area contributed by atoms with Crippen LogP contribution in [0.2, 0.25) is 0 Å². The number of amides is 1. The zero-order valence-corrected chi connectivity index (χ0v) is 10.9. The summed E-state index contributed by atoms with van der Waals surface area (Å²) in [7, 11) is 0. The summed E-state index contributed by atoms with van der Waals surface area (Å²) in [6, 6.07) is 0.306. The Bertz CT molecular complexity index is 308. The molecular formula is C13H23N3O. The van der Waals surface area contributed by atoms with E-state index in [0.717, 1.165) is 39.3 Å². The highest BCUT2D eigenvalue weighted by molar-refractivity contribution is 5.77. The van der Waals surface area contributed by atoms with Gasteiger partial charge in [0.25, 0.3) is 0 Å². The molecular weight excluding hydrogens is 214 g/mol. The number of rotatable bonds is 3. The molecule has 2 aliphatic rings. The van der Waals surface area contributed by atoms with Crippen molar-refractivity contribution in [2.24, 2.45) is 0 Å². The van der Waals surface area contributed by atoms with Gasteiger partial charge in [-0.25, -0.2) is 0 Å². The summed E-state index contributed by atoms with van der Waals surface area (Å²) >= 11 is 0. The van der Waals surface area contributed by atoms with E-state index in [1.54, 1.807) is 0 Å². The largest absolute Gasteiger partial charge is 0.331 e. The van der Waals surface area contributed by atoms with E-state index in [1.807, 2.05) is 11.8 Å². The Morgan fingerprint density at radius 2 is 2.18 bits per heavy atom. The van der Waals surface area contributed by atoms with Crippen LogP contribution in [0.1, 0.15) is 20.3 Å². The van der Waals surface area contributed by atoms with Gasteiger partial charge in [0.05, 0.1) is 6.04 Å². The van der Waals surface area contributed by atoms with Crippen LogP contribution in [0.3, 0.4) is 0 Å². The molecule has 0 spiro atoms. The van der Waals surface area contributed by atoms with Gasteiger partial charge in [0, 0.05) is 45.7 Å². The molecule has 4 heteroatoms. The smallest absolute Gasteiger partial charge is 0.223 e. The van der Waals surface area contributed by atoms with Crippen LogP contribution in [0.15, 0.2) is 11.6 Å². The van der Waals surface area contributed by atoms with Crippen molar-refractivity contribution in [3.05, 3.63) is 11.6 Å². The summed E-state index contributed by atoms with van der Waals surface area (Å²) in [6.45, 7) is 10.2. The van der Waals surface area contributed by atoms with E-state index in [-0.39, 0.29) is 5.91 Å². The molecule has 1 saturated heterocycles. The summed E-state index contributed by atoms with van der Waals surface area (Å²) < 4.78 is 0. The SMILES string of the molecule is CCC(=O)N1CC=C(C)C1CN1CCNCC1. The summed E-state index contributed by atoms with van der Waals surface area (Å²) in [4.78, 5) is 16.4. The second-order valence-electron chi connectivity index (χ2n) is 4.91. The fourth-order valence-corrected chi connectivity index (χ4v) is 2.61. The van der Waals surface area contributed by atoms with Crippen LogP contribution in [0.5, 0.6) is 0 Å². The minimum Gasteiger partial charge on any atom is -0.331 e. The number of nitrogens with one attached hydrogen (secondary N) is 1. The molecule has 2 rings (SSSR count). The van der Waals surface area contributed by atoms with Gasteiger partial charge in [-0.05, 0) is 6.92 Å². The summed E-state index contributed by atoms with van der Waals surface area (Å²) in [6.07, 6.45) is 2.81.